The van der Waals surface area contributed by atoms with Gasteiger partial charge in [-0.1, -0.05) is 29.8 Å². The maximum Gasteiger partial charge on any atom is 0.337 e. The molecular formula is C22H26N4O5S. The van der Waals surface area contributed by atoms with Crippen molar-refractivity contribution in [2.45, 2.75) is 11.8 Å². The summed E-state index contributed by atoms with van der Waals surface area (Å²) in [4.78, 5) is 25.7. The molecule has 32 heavy (non-hydrogen) atoms. The van der Waals surface area contributed by atoms with Crippen molar-refractivity contribution >= 4 is 28.1 Å². The van der Waals surface area contributed by atoms with Crippen LogP contribution in [0, 0.1) is 6.92 Å². The van der Waals surface area contributed by atoms with Crippen molar-refractivity contribution in [3.63, 3.8) is 0 Å². The van der Waals surface area contributed by atoms with Crippen molar-refractivity contribution in [2.75, 3.05) is 39.8 Å². The van der Waals surface area contributed by atoms with Gasteiger partial charge in [-0.15, -0.1) is 0 Å². The van der Waals surface area contributed by atoms with Gasteiger partial charge in [0, 0.05) is 26.2 Å². The largest absolute Gasteiger partial charge is 0.465 e. The molecule has 0 aromatic heterocycles. The highest BCUT2D eigenvalue weighted by atomic mass is 32.2. The van der Waals surface area contributed by atoms with Crippen LogP contribution in [0.3, 0.4) is 0 Å². The zero-order valence-corrected chi connectivity index (χ0v) is 18.8. The fourth-order valence-corrected chi connectivity index (χ4v) is 4.65. The number of piperazine rings is 1. The predicted molar refractivity (Wildman–Crippen MR) is 120 cm³/mol. The molecule has 10 heteroatoms. The van der Waals surface area contributed by atoms with E-state index in [1.807, 2.05) is 11.8 Å². The van der Waals surface area contributed by atoms with E-state index in [0.717, 1.165) is 5.56 Å². The van der Waals surface area contributed by atoms with Crippen molar-refractivity contribution in [2.24, 2.45) is 5.10 Å². The molecule has 1 fully saturated rings. The summed E-state index contributed by atoms with van der Waals surface area (Å²) in [5, 5.41) is 3.93. The molecule has 0 radical (unpaired) electrons. The number of hydrogen-bond donors (Lipinski definition) is 1. The molecule has 1 heterocycles. The van der Waals surface area contributed by atoms with Crippen LogP contribution < -0.4 is 5.43 Å². The molecule has 2 aromatic carbocycles. The molecule has 0 aliphatic carbocycles. The Bertz CT molecular complexity index is 1070. The van der Waals surface area contributed by atoms with E-state index in [9.17, 15) is 18.0 Å². The Kier molecular flexibility index (Phi) is 7.73. The van der Waals surface area contributed by atoms with Crippen LogP contribution in [0.1, 0.15) is 21.5 Å². The molecule has 0 atom stereocenters. The summed E-state index contributed by atoms with van der Waals surface area (Å²) in [7, 11) is -2.22. The molecule has 3 rings (SSSR count). The third-order valence-electron chi connectivity index (χ3n) is 5.09. The van der Waals surface area contributed by atoms with Crippen LogP contribution in [0.15, 0.2) is 58.5 Å². The van der Waals surface area contributed by atoms with E-state index >= 15 is 0 Å². The van der Waals surface area contributed by atoms with E-state index in [0.29, 0.717) is 37.3 Å². The molecular weight excluding hydrogens is 432 g/mol. The van der Waals surface area contributed by atoms with Crippen LogP contribution in [0.5, 0.6) is 0 Å². The lowest BCUT2D eigenvalue weighted by atomic mass is 10.1. The molecule has 9 nitrogen and oxygen atoms in total. The first-order valence-electron chi connectivity index (χ1n) is 10.1. The SMILES string of the molecule is COC(=O)c1ccc(/C=N\NC(=O)CN2CCN(S(=O)(=O)c3ccc(C)cc3)CC2)cc1. The average Bonchev–Trinajstić information content (AvgIpc) is 2.79. The Morgan fingerprint density at radius 1 is 1.03 bits per heavy atom. The molecule has 2 aromatic rings. The van der Waals surface area contributed by atoms with Crippen molar-refractivity contribution < 1.29 is 22.7 Å². The number of carbonyl (C=O) groups is 2. The van der Waals surface area contributed by atoms with Crippen molar-refractivity contribution in [3.05, 3.63) is 65.2 Å². The number of amides is 1. The minimum Gasteiger partial charge on any atom is -0.465 e. The van der Waals surface area contributed by atoms with Gasteiger partial charge in [-0.2, -0.15) is 9.41 Å². The van der Waals surface area contributed by atoms with Gasteiger partial charge in [0.05, 0.1) is 30.3 Å². The zero-order chi connectivity index (χ0) is 23.1. The lowest BCUT2D eigenvalue weighted by Crippen LogP contribution is -2.50. The smallest absolute Gasteiger partial charge is 0.337 e. The van der Waals surface area contributed by atoms with Gasteiger partial charge < -0.3 is 4.74 Å². The van der Waals surface area contributed by atoms with Crippen molar-refractivity contribution in [3.8, 4) is 0 Å². The second kappa shape index (κ2) is 10.5. The van der Waals surface area contributed by atoms with Crippen LogP contribution in [-0.4, -0.2) is 75.5 Å². The van der Waals surface area contributed by atoms with Gasteiger partial charge in [0.15, 0.2) is 0 Å². The fraction of sp³-hybridized carbons (Fsp3) is 0.318. The number of rotatable bonds is 7. The highest BCUT2D eigenvalue weighted by Gasteiger charge is 2.28. The van der Waals surface area contributed by atoms with E-state index in [1.54, 1.807) is 48.5 Å². The summed E-state index contributed by atoms with van der Waals surface area (Å²) in [6, 6.07) is 13.4. The van der Waals surface area contributed by atoms with Gasteiger partial charge in [-0.25, -0.2) is 18.6 Å². The molecule has 170 valence electrons. The van der Waals surface area contributed by atoms with Gasteiger partial charge in [0.2, 0.25) is 10.0 Å². The predicted octanol–water partition coefficient (Wildman–Crippen LogP) is 1.24. The highest BCUT2D eigenvalue weighted by molar-refractivity contribution is 7.89. The summed E-state index contributed by atoms with van der Waals surface area (Å²) in [5.41, 5.74) is 4.61. The summed E-state index contributed by atoms with van der Waals surface area (Å²) in [6.07, 6.45) is 1.48. The second-order valence-corrected chi connectivity index (χ2v) is 9.34. The Labute approximate surface area is 187 Å². The topological polar surface area (TPSA) is 108 Å². The second-order valence-electron chi connectivity index (χ2n) is 7.40. The quantitative estimate of drug-likeness (QED) is 0.380. The van der Waals surface area contributed by atoms with E-state index in [1.165, 1.54) is 17.6 Å². The molecule has 0 spiro atoms. The number of ether oxygens (including phenoxy) is 1. The molecule has 1 aliphatic heterocycles. The van der Waals surface area contributed by atoms with E-state index in [2.05, 4.69) is 15.3 Å². The van der Waals surface area contributed by atoms with Gasteiger partial charge in [-0.3, -0.25) is 9.69 Å². The zero-order valence-electron chi connectivity index (χ0n) is 18.0. The monoisotopic (exact) mass is 458 g/mol. The van der Waals surface area contributed by atoms with Crippen LogP contribution in [0.4, 0.5) is 0 Å². The average molecular weight is 459 g/mol. The van der Waals surface area contributed by atoms with E-state index in [4.69, 9.17) is 0 Å². The molecule has 1 aliphatic rings. The third-order valence-corrected chi connectivity index (χ3v) is 7.00. The van der Waals surface area contributed by atoms with Crippen LogP contribution >= 0.6 is 0 Å². The maximum absolute atomic E-state index is 12.8. The first-order chi connectivity index (χ1) is 15.3. The van der Waals surface area contributed by atoms with Crippen molar-refractivity contribution in [1.29, 1.82) is 0 Å². The Morgan fingerprint density at radius 3 is 2.25 bits per heavy atom. The van der Waals surface area contributed by atoms with Crippen LogP contribution in [0.2, 0.25) is 0 Å². The normalized spacial score (nSPS) is 15.6. The standard InChI is InChI=1S/C22H26N4O5S/c1-17-3-9-20(10-4-17)32(29,30)26-13-11-25(12-14-26)16-21(27)24-23-15-18-5-7-19(8-6-18)22(28)31-2/h3-10,15H,11-14,16H2,1-2H3,(H,24,27)/b23-15-. The number of nitrogens with zero attached hydrogens (tertiary/aromatic N) is 3. The maximum atomic E-state index is 12.8. The highest BCUT2D eigenvalue weighted by Crippen LogP contribution is 2.18. The number of benzene rings is 2. The van der Waals surface area contributed by atoms with Gasteiger partial charge in [0.1, 0.15) is 0 Å². The number of aryl methyl sites for hydroxylation is 1. The number of esters is 1. The molecule has 1 amide bonds. The number of hydrazone groups is 1. The number of hydrogen-bond acceptors (Lipinski definition) is 7. The Balaban J connectivity index is 1.45. The number of carbonyl (C=O) groups excluding carboxylic acids is 2. The molecule has 1 N–H and O–H groups in total. The molecule has 0 bridgehead atoms. The first-order valence-corrected chi connectivity index (χ1v) is 11.5. The summed E-state index contributed by atoms with van der Waals surface area (Å²) in [6.45, 7) is 3.58. The first kappa shape index (κ1) is 23.6. The fourth-order valence-electron chi connectivity index (χ4n) is 3.23. The lowest BCUT2D eigenvalue weighted by Gasteiger charge is -2.33. The van der Waals surface area contributed by atoms with Crippen LogP contribution in [0.25, 0.3) is 0 Å². The number of sulfonamides is 1. The summed E-state index contributed by atoms with van der Waals surface area (Å²) in [5.74, 6) is -0.712. The molecule has 1 saturated heterocycles. The number of methoxy groups -OCH3 is 1. The Morgan fingerprint density at radius 2 is 1.66 bits per heavy atom. The van der Waals surface area contributed by atoms with Crippen LogP contribution in [-0.2, 0) is 19.6 Å². The number of nitrogens with one attached hydrogen (secondary N) is 1. The third kappa shape index (κ3) is 6.00. The summed E-state index contributed by atoms with van der Waals surface area (Å²) < 4.78 is 31.6. The van der Waals surface area contributed by atoms with Gasteiger partial charge >= 0.3 is 5.97 Å². The van der Waals surface area contributed by atoms with E-state index < -0.39 is 16.0 Å². The Hall–Kier alpha value is -3.08. The molecule has 0 unspecified atom stereocenters. The molecule has 0 saturated carbocycles. The van der Waals surface area contributed by atoms with Gasteiger partial charge in [-0.05, 0) is 36.8 Å². The van der Waals surface area contributed by atoms with Crippen molar-refractivity contribution in [1.82, 2.24) is 14.6 Å². The lowest BCUT2D eigenvalue weighted by molar-refractivity contribution is -0.122. The van der Waals surface area contributed by atoms with E-state index in [-0.39, 0.29) is 17.3 Å². The van der Waals surface area contributed by atoms with Gasteiger partial charge in [0.25, 0.3) is 5.91 Å². The minimum atomic E-state index is -3.53. The minimum absolute atomic E-state index is 0.122. The summed E-state index contributed by atoms with van der Waals surface area (Å²) >= 11 is 0.